The molecule has 7 nitrogen and oxygen atoms in total. The quantitative estimate of drug-likeness (QED) is 0.697. The lowest BCUT2D eigenvalue weighted by molar-refractivity contribution is -0.116. The number of carbonyl (C=O) groups is 1. The molecule has 30 heavy (non-hydrogen) atoms. The number of benzene rings is 2. The van der Waals surface area contributed by atoms with Gasteiger partial charge in [-0.2, -0.15) is 9.57 Å². The Balaban J connectivity index is 1.51. The average molecular weight is 428 g/mol. The number of ether oxygens (including phenoxy) is 1. The van der Waals surface area contributed by atoms with E-state index in [4.69, 9.17) is 10.00 Å². The largest absolute Gasteiger partial charge is 0.479 e. The molecule has 1 aliphatic heterocycles. The lowest BCUT2D eigenvalue weighted by Gasteiger charge is -2.25. The van der Waals surface area contributed by atoms with Crippen molar-refractivity contribution in [2.75, 3.05) is 25.0 Å². The van der Waals surface area contributed by atoms with E-state index in [1.165, 1.54) is 0 Å². The molecule has 0 spiro atoms. The molecule has 1 heterocycles. The molecular weight excluding hydrogens is 402 g/mol. The molecule has 8 heteroatoms. The molecule has 0 radical (unpaired) electrons. The van der Waals surface area contributed by atoms with Crippen LogP contribution in [0.1, 0.15) is 31.2 Å². The van der Waals surface area contributed by atoms with Crippen LogP contribution in [0, 0.1) is 11.3 Å². The summed E-state index contributed by atoms with van der Waals surface area (Å²) in [5.41, 5.74) is 1.55. The van der Waals surface area contributed by atoms with E-state index in [-0.39, 0.29) is 18.9 Å². The number of rotatable bonds is 8. The number of amides is 1. The zero-order valence-electron chi connectivity index (χ0n) is 16.7. The van der Waals surface area contributed by atoms with Crippen LogP contribution < -0.4 is 10.1 Å². The van der Waals surface area contributed by atoms with Crippen molar-refractivity contribution >= 4 is 21.6 Å². The number of nitriles is 1. The zero-order valence-corrected chi connectivity index (χ0v) is 17.5. The van der Waals surface area contributed by atoms with Gasteiger partial charge in [-0.1, -0.05) is 18.6 Å². The molecule has 1 saturated heterocycles. The molecule has 0 atom stereocenters. The van der Waals surface area contributed by atoms with Crippen LogP contribution in [-0.2, 0) is 21.2 Å². The highest BCUT2D eigenvalue weighted by molar-refractivity contribution is 7.89. The third-order valence-corrected chi connectivity index (χ3v) is 6.87. The molecule has 0 aromatic heterocycles. The van der Waals surface area contributed by atoms with Crippen LogP contribution >= 0.6 is 0 Å². The van der Waals surface area contributed by atoms with E-state index >= 15 is 0 Å². The summed E-state index contributed by atoms with van der Waals surface area (Å²) in [6.07, 6.45) is 3.68. The molecule has 3 rings (SSSR count). The summed E-state index contributed by atoms with van der Waals surface area (Å²) in [5, 5.41) is 11.3. The molecule has 1 N–H and O–H groups in total. The highest BCUT2D eigenvalue weighted by atomic mass is 32.2. The third kappa shape index (κ3) is 5.81. The van der Waals surface area contributed by atoms with Gasteiger partial charge in [0.25, 0.3) is 0 Å². The van der Waals surface area contributed by atoms with E-state index in [1.807, 2.05) is 6.07 Å². The van der Waals surface area contributed by atoms with E-state index in [0.29, 0.717) is 35.8 Å². The minimum Gasteiger partial charge on any atom is -0.479 e. The van der Waals surface area contributed by atoms with Crippen LogP contribution in [-0.4, -0.2) is 38.3 Å². The fraction of sp³-hybridized carbons (Fsp3) is 0.364. The molecule has 1 aliphatic rings. The van der Waals surface area contributed by atoms with Crippen LogP contribution in [0.3, 0.4) is 0 Å². The number of carbonyl (C=O) groups excluding carboxylic acids is 1. The van der Waals surface area contributed by atoms with Crippen molar-refractivity contribution < 1.29 is 17.9 Å². The summed E-state index contributed by atoms with van der Waals surface area (Å²) < 4.78 is 32.1. The standard InChI is InChI=1S/C22H25N3O4S/c23-14-17-29-20-9-7-19(8-10-20)24-22(26)13-6-18-4-11-21(12-5-18)30(27,28)25-15-2-1-3-16-25/h4-5,7-12H,1-3,6,13,15-17H2,(H,24,26). The van der Waals surface area contributed by atoms with Gasteiger partial charge in [0.05, 0.1) is 4.90 Å². The smallest absolute Gasteiger partial charge is 0.243 e. The molecule has 0 bridgehead atoms. The van der Waals surface area contributed by atoms with Crippen molar-refractivity contribution in [3.8, 4) is 11.8 Å². The van der Waals surface area contributed by atoms with E-state index in [1.54, 1.807) is 52.8 Å². The Morgan fingerprint density at radius 2 is 1.70 bits per heavy atom. The van der Waals surface area contributed by atoms with Crippen molar-refractivity contribution in [3.63, 3.8) is 0 Å². The Labute approximate surface area is 177 Å². The monoisotopic (exact) mass is 427 g/mol. The highest BCUT2D eigenvalue weighted by Gasteiger charge is 2.25. The predicted octanol–water partition coefficient (Wildman–Crippen LogP) is 3.33. The number of piperidine rings is 1. The van der Waals surface area contributed by atoms with Gasteiger partial charge in [0.2, 0.25) is 15.9 Å². The van der Waals surface area contributed by atoms with Crippen molar-refractivity contribution in [2.45, 2.75) is 37.0 Å². The average Bonchev–Trinajstić information content (AvgIpc) is 2.78. The number of anilines is 1. The Hall–Kier alpha value is -2.89. The molecule has 1 fully saturated rings. The van der Waals surface area contributed by atoms with Gasteiger partial charge in [0.1, 0.15) is 11.8 Å². The molecule has 2 aromatic rings. The first-order valence-corrected chi connectivity index (χ1v) is 11.4. The summed E-state index contributed by atoms with van der Waals surface area (Å²) in [4.78, 5) is 12.5. The summed E-state index contributed by atoms with van der Waals surface area (Å²) >= 11 is 0. The zero-order chi connectivity index (χ0) is 21.4. The molecule has 0 saturated carbocycles. The molecular formula is C22H25N3O4S. The van der Waals surface area contributed by atoms with Crippen LogP contribution in [0.5, 0.6) is 5.75 Å². The minimum atomic E-state index is -3.43. The van der Waals surface area contributed by atoms with Crippen LogP contribution in [0.4, 0.5) is 5.69 Å². The molecule has 0 aliphatic carbocycles. The number of nitrogens with zero attached hydrogens (tertiary/aromatic N) is 2. The summed E-state index contributed by atoms with van der Waals surface area (Å²) in [6.45, 7) is 1.13. The fourth-order valence-corrected chi connectivity index (χ4v) is 4.83. The van der Waals surface area contributed by atoms with Gasteiger partial charge in [-0.25, -0.2) is 8.42 Å². The number of hydrogen-bond donors (Lipinski definition) is 1. The molecule has 1 amide bonds. The van der Waals surface area contributed by atoms with Gasteiger partial charge in [0.15, 0.2) is 6.61 Å². The Morgan fingerprint density at radius 1 is 1.03 bits per heavy atom. The van der Waals surface area contributed by atoms with E-state index < -0.39 is 10.0 Å². The lowest BCUT2D eigenvalue weighted by atomic mass is 10.1. The van der Waals surface area contributed by atoms with Crippen LogP contribution in [0.15, 0.2) is 53.4 Å². The molecule has 0 unspecified atom stereocenters. The Kier molecular flexibility index (Phi) is 7.44. The van der Waals surface area contributed by atoms with Gasteiger partial charge in [-0.15, -0.1) is 0 Å². The van der Waals surface area contributed by atoms with Crippen molar-refractivity contribution in [3.05, 3.63) is 54.1 Å². The van der Waals surface area contributed by atoms with E-state index in [2.05, 4.69) is 5.32 Å². The minimum absolute atomic E-state index is 0.0240. The number of sulfonamides is 1. The maximum Gasteiger partial charge on any atom is 0.243 e. The number of hydrogen-bond acceptors (Lipinski definition) is 5. The predicted molar refractivity (Wildman–Crippen MR) is 114 cm³/mol. The molecule has 2 aromatic carbocycles. The summed E-state index contributed by atoms with van der Waals surface area (Å²) in [6, 6.07) is 15.5. The maximum absolute atomic E-state index is 12.7. The normalized spacial score (nSPS) is 14.6. The Bertz CT molecular complexity index is 990. The van der Waals surface area contributed by atoms with Crippen LogP contribution in [0.25, 0.3) is 0 Å². The molecule has 158 valence electrons. The first-order valence-electron chi connectivity index (χ1n) is 9.98. The Morgan fingerprint density at radius 3 is 2.33 bits per heavy atom. The lowest BCUT2D eigenvalue weighted by Crippen LogP contribution is -2.35. The highest BCUT2D eigenvalue weighted by Crippen LogP contribution is 2.21. The van der Waals surface area contributed by atoms with Crippen LogP contribution in [0.2, 0.25) is 0 Å². The second kappa shape index (κ2) is 10.2. The van der Waals surface area contributed by atoms with Gasteiger partial charge in [-0.3, -0.25) is 4.79 Å². The van der Waals surface area contributed by atoms with Gasteiger partial charge >= 0.3 is 0 Å². The first kappa shape index (κ1) is 21.8. The van der Waals surface area contributed by atoms with Gasteiger partial charge < -0.3 is 10.1 Å². The SMILES string of the molecule is N#CCOc1ccc(NC(=O)CCc2ccc(S(=O)(=O)N3CCCCC3)cc2)cc1. The van der Waals surface area contributed by atoms with Crippen molar-refractivity contribution in [2.24, 2.45) is 0 Å². The second-order valence-corrected chi connectivity index (χ2v) is 9.07. The topological polar surface area (TPSA) is 99.5 Å². The number of aryl methyl sites for hydroxylation is 1. The number of nitrogens with one attached hydrogen (secondary N) is 1. The summed E-state index contributed by atoms with van der Waals surface area (Å²) in [7, 11) is -3.43. The van der Waals surface area contributed by atoms with Crippen molar-refractivity contribution in [1.29, 1.82) is 5.26 Å². The summed E-state index contributed by atoms with van der Waals surface area (Å²) in [5.74, 6) is 0.430. The van der Waals surface area contributed by atoms with Crippen molar-refractivity contribution in [1.82, 2.24) is 4.31 Å². The maximum atomic E-state index is 12.7. The van der Waals surface area contributed by atoms with E-state index in [0.717, 1.165) is 24.8 Å². The second-order valence-electron chi connectivity index (χ2n) is 7.13. The van der Waals surface area contributed by atoms with Gasteiger partial charge in [0, 0.05) is 25.2 Å². The third-order valence-electron chi connectivity index (χ3n) is 4.96. The van der Waals surface area contributed by atoms with Gasteiger partial charge in [-0.05, 0) is 61.2 Å². The first-order chi connectivity index (χ1) is 14.5. The fourth-order valence-electron chi connectivity index (χ4n) is 3.31. The van der Waals surface area contributed by atoms with E-state index in [9.17, 15) is 13.2 Å².